The molecule has 3 rings (SSSR count). The van der Waals surface area contributed by atoms with E-state index in [9.17, 15) is 14.4 Å². The minimum atomic E-state index is -0.362. The Morgan fingerprint density at radius 3 is 2.33 bits per heavy atom. The van der Waals surface area contributed by atoms with E-state index in [4.69, 9.17) is 9.47 Å². The first kappa shape index (κ1) is 24.5. The van der Waals surface area contributed by atoms with Gasteiger partial charge in [-0.15, -0.1) is 0 Å². The Morgan fingerprint density at radius 2 is 1.61 bits per heavy atom. The lowest BCUT2D eigenvalue weighted by molar-refractivity contribution is -0.139. The van der Waals surface area contributed by atoms with Gasteiger partial charge in [-0.1, -0.05) is 44.9 Å². The van der Waals surface area contributed by atoms with Crippen molar-refractivity contribution in [3.05, 3.63) is 53.6 Å². The molecule has 2 aromatic rings. The topological polar surface area (TPSA) is 72.9 Å². The minimum absolute atomic E-state index is 0.226. The second-order valence-electron chi connectivity index (χ2n) is 8.49. The van der Waals surface area contributed by atoms with Crippen LogP contribution in [0.3, 0.4) is 0 Å². The summed E-state index contributed by atoms with van der Waals surface area (Å²) in [6, 6.07) is 9.11. The summed E-state index contributed by atoms with van der Waals surface area (Å²) in [6.45, 7) is 8.64. The van der Waals surface area contributed by atoms with E-state index in [-0.39, 0.29) is 17.8 Å². The number of hydrogen-bond acceptors (Lipinski definition) is 5. The molecule has 0 unspecified atom stereocenters. The number of benzene rings is 2. The van der Waals surface area contributed by atoms with E-state index in [0.717, 1.165) is 50.3 Å². The van der Waals surface area contributed by atoms with Gasteiger partial charge in [0.2, 0.25) is 0 Å². The van der Waals surface area contributed by atoms with Crippen LogP contribution >= 0.6 is 0 Å². The van der Waals surface area contributed by atoms with Crippen molar-refractivity contribution in [1.82, 2.24) is 4.90 Å². The summed E-state index contributed by atoms with van der Waals surface area (Å²) in [6.07, 6.45) is 6.45. The van der Waals surface area contributed by atoms with Crippen LogP contribution in [0.4, 0.5) is 0 Å². The Bertz CT molecular complexity index is 1020. The minimum Gasteiger partial charge on any atom is -0.493 e. The molecule has 0 saturated carbocycles. The zero-order valence-corrected chi connectivity index (χ0v) is 19.7. The molecule has 0 N–H and O–H groups in total. The van der Waals surface area contributed by atoms with Gasteiger partial charge < -0.3 is 9.47 Å². The Hall–Kier alpha value is -3.15. The van der Waals surface area contributed by atoms with Crippen LogP contribution < -0.4 is 4.74 Å². The fourth-order valence-electron chi connectivity index (χ4n) is 4.00. The quantitative estimate of drug-likeness (QED) is 0.169. The summed E-state index contributed by atoms with van der Waals surface area (Å²) in [5, 5.41) is 1.47. The highest BCUT2D eigenvalue weighted by Crippen LogP contribution is 2.35. The van der Waals surface area contributed by atoms with E-state index in [1.807, 2.05) is 18.2 Å². The smallest absolute Gasteiger partial charge is 0.333 e. The molecule has 33 heavy (non-hydrogen) atoms. The number of esters is 1. The zero-order valence-electron chi connectivity index (χ0n) is 19.7. The third-order valence-electron chi connectivity index (χ3n) is 5.81. The highest BCUT2D eigenvalue weighted by molar-refractivity contribution is 6.26. The third-order valence-corrected chi connectivity index (χ3v) is 5.81. The van der Waals surface area contributed by atoms with Gasteiger partial charge in [0.1, 0.15) is 5.75 Å². The van der Waals surface area contributed by atoms with Crippen molar-refractivity contribution >= 4 is 28.6 Å². The van der Waals surface area contributed by atoms with Crippen LogP contribution in [0.2, 0.25) is 0 Å². The normalized spacial score (nSPS) is 12.8. The summed E-state index contributed by atoms with van der Waals surface area (Å²) < 4.78 is 11.1. The molecule has 0 aromatic heterocycles. The molecule has 0 fully saturated rings. The van der Waals surface area contributed by atoms with Crippen LogP contribution in [0.25, 0.3) is 10.8 Å². The number of amides is 2. The van der Waals surface area contributed by atoms with Crippen molar-refractivity contribution in [3.63, 3.8) is 0 Å². The molecule has 0 radical (unpaired) electrons. The summed E-state index contributed by atoms with van der Waals surface area (Å²) in [5.74, 6) is -0.146. The molecule has 0 atom stereocenters. The van der Waals surface area contributed by atoms with Crippen LogP contribution in [-0.2, 0) is 9.53 Å². The van der Waals surface area contributed by atoms with Crippen molar-refractivity contribution in [2.24, 2.45) is 0 Å². The largest absolute Gasteiger partial charge is 0.493 e. The van der Waals surface area contributed by atoms with Gasteiger partial charge in [-0.05, 0) is 50.8 Å². The molecular formula is C27H33NO5. The maximum Gasteiger partial charge on any atom is 0.333 e. The Kier molecular flexibility index (Phi) is 8.64. The number of rotatable bonds is 13. The van der Waals surface area contributed by atoms with Gasteiger partial charge in [0, 0.05) is 34.0 Å². The van der Waals surface area contributed by atoms with E-state index < -0.39 is 0 Å². The molecule has 1 heterocycles. The second kappa shape index (κ2) is 11.6. The molecule has 6 heteroatoms. The SMILES string of the molecule is C=C(C)C(=O)OCCCCCOc1ccc2c3c(cccc13)C(=O)N(CCCCCC)C2=O. The molecule has 1 aliphatic heterocycles. The standard InChI is InChI=1S/C27H33NO5/c1-4-5-6-8-16-28-25(29)21-13-11-12-20-23(15-14-22(24(20)21)26(28)30)32-17-9-7-10-18-33-27(31)19(2)3/h11-15H,2,4-10,16-18H2,1,3H3. The molecular weight excluding hydrogens is 418 g/mol. The van der Waals surface area contributed by atoms with E-state index in [0.29, 0.717) is 47.6 Å². The summed E-state index contributed by atoms with van der Waals surface area (Å²) in [4.78, 5) is 38.9. The highest BCUT2D eigenvalue weighted by Gasteiger charge is 2.33. The van der Waals surface area contributed by atoms with E-state index >= 15 is 0 Å². The Morgan fingerprint density at radius 1 is 0.909 bits per heavy atom. The van der Waals surface area contributed by atoms with Gasteiger partial charge in [-0.25, -0.2) is 4.79 Å². The first-order chi connectivity index (χ1) is 16.0. The average molecular weight is 452 g/mol. The average Bonchev–Trinajstić information content (AvgIpc) is 2.81. The highest BCUT2D eigenvalue weighted by atomic mass is 16.5. The van der Waals surface area contributed by atoms with Gasteiger partial charge in [-0.2, -0.15) is 0 Å². The van der Waals surface area contributed by atoms with Crippen molar-refractivity contribution in [2.45, 2.75) is 58.8 Å². The van der Waals surface area contributed by atoms with E-state index in [2.05, 4.69) is 13.5 Å². The number of carbonyl (C=O) groups is 3. The molecule has 0 bridgehead atoms. The fraction of sp³-hybridized carbons (Fsp3) is 0.444. The predicted molar refractivity (Wildman–Crippen MR) is 129 cm³/mol. The second-order valence-corrected chi connectivity index (χ2v) is 8.49. The van der Waals surface area contributed by atoms with Crippen molar-refractivity contribution in [2.75, 3.05) is 19.8 Å². The van der Waals surface area contributed by atoms with Crippen LogP contribution in [0.1, 0.15) is 79.5 Å². The molecule has 2 aromatic carbocycles. The van der Waals surface area contributed by atoms with Gasteiger partial charge >= 0.3 is 5.97 Å². The molecule has 2 amide bonds. The monoisotopic (exact) mass is 451 g/mol. The first-order valence-electron chi connectivity index (χ1n) is 11.8. The van der Waals surface area contributed by atoms with Gasteiger partial charge in [0.05, 0.1) is 13.2 Å². The van der Waals surface area contributed by atoms with Crippen LogP contribution in [0.5, 0.6) is 5.75 Å². The lowest BCUT2D eigenvalue weighted by atomic mass is 9.93. The zero-order chi connectivity index (χ0) is 23.8. The molecule has 0 saturated heterocycles. The molecule has 0 spiro atoms. The molecule has 6 nitrogen and oxygen atoms in total. The summed E-state index contributed by atoms with van der Waals surface area (Å²) in [5.41, 5.74) is 1.52. The van der Waals surface area contributed by atoms with E-state index in [1.165, 1.54) is 4.90 Å². The van der Waals surface area contributed by atoms with Crippen molar-refractivity contribution in [1.29, 1.82) is 0 Å². The molecule has 176 valence electrons. The van der Waals surface area contributed by atoms with Crippen LogP contribution in [0.15, 0.2) is 42.5 Å². The maximum absolute atomic E-state index is 13.1. The molecule has 0 aliphatic carbocycles. The number of carbonyl (C=O) groups excluding carboxylic acids is 3. The Labute approximate surface area is 195 Å². The number of nitrogens with zero attached hydrogens (tertiary/aromatic N) is 1. The van der Waals surface area contributed by atoms with Gasteiger partial charge in [-0.3, -0.25) is 14.5 Å². The van der Waals surface area contributed by atoms with Gasteiger partial charge in [0.25, 0.3) is 11.8 Å². The lowest BCUT2D eigenvalue weighted by Crippen LogP contribution is -2.40. The summed E-state index contributed by atoms with van der Waals surface area (Å²) >= 11 is 0. The summed E-state index contributed by atoms with van der Waals surface area (Å²) in [7, 11) is 0. The lowest BCUT2D eigenvalue weighted by Gasteiger charge is -2.27. The van der Waals surface area contributed by atoms with Crippen LogP contribution in [0, 0.1) is 0 Å². The fourth-order valence-corrected chi connectivity index (χ4v) is 4.00. The van der Waals surface area contributed by atoms with E-state index in [1.54, 1.807) is 19.1 Å². The number of ether oxygens (including phenoxy) is 2. The molecule has 1 aliphatic rings. The predicted octanol–water partition coefficient (Wildman–Crippen LogP) is 5.68. The maximum atomic E-state index is 13.1. The van der Waals surface area contributed by atoms with Crippen molar-refractivity contribution < 1.29 is 23.9 Å². The number of imide groups is 1. The Balaban J connectivity index is 1.62. The number of hydrogen-bond donors (Lipinski definition) is 0. The third kappa shape index (κ3) is 5.81. The van der Waals surface area contributed by atoms with Crippen LogP contribution in [-0.4, -0.2) is 42.4 Å². The van der Waals surface area contributed by atoms with Gasteiger partial charge in [0.15, 0.2) is 0 Å². The van der Waals surface area contributed by atoms with Crippen molar-refractivity contribution in [3.8, 4) is 5.75 Å². The first-order valence-corrected chi connectivity index (χ1v) is 11.8. The number of unbranched alkanes of at least 4 members (excludes halogenated alkanes) is 5.